The molecule has 7 heteroatoms. The van der Waals surface area contributed by atoms with Gasteiger partial charge in [0.05, 0.1) is 5.57 Å². The summed E-state index contributed by atoms with van der Waals surface area (Å²) in [6, 6.07) is 8.79. The van der Waals surface area contributed by atoms with Crippen molar-refractivity contribution in [2.75, 3.05) is 0 Å². The molecule has 0 atom stereocenters. The number of carbonyl (C=O) groups is 1. The summed E-state index contributed by atoms with van der Waals surface area (Å²) in [5.74, 6) is -0.735. The summed E-state index contributed by atoms with van der Waals surface area (Å²) in [7, 11) is -4.51. The van der Waals surface area contributed by atoms with Gasteiger partial charge in [-0.25, -0.2) is 0 Å². The summed E-state index contributed by atoms with van der Waals surface area (Å²) in [4.78, 5) is 11.3. The summed E-state index contributed by atoms with van der Waals surface area (Å²) in [5.41, 5.74) is 0.628. The van der Waals surface area contributed by atoms with Crippen LogP contribution in [0.1, 0.15) is 5.56 Å². The Balaban J connectivity index is 2.40. The van der Waals surface area contributed by atoms with Crippen molar-refractivity contribution in [2.24, 2.45) is 10.2 Å². The first-order valence-electron chi connectivity index (χ1n) is 4.69. The van der Waals surface area contributed by atoms with Crippen molar-refractivity contribution in [2.45, 2.75) is 6.42 Å². The van der Waals surface area contributed by atoms with Crippen LogP contribution in [0.3, 0.4) is 0 Å². The summed E-state index contributed by atoms with van der Waals surface area (Å²) in [5, 5.41) is 5.66. The van der Waals surface area contributed by atoms with Crippen LogP contribution in [0.15, 0.2) is 51.2 Å². The number of azo groups is 1. The lowest BCUT2D eigenvalue weighted by molar-refractivity contribution is -0.114. The highest BCUT2D eigenvalue weighted by Crippen LogP contribution is 2.24. The number of carbonyl (C=O) groups excluding carboxylic acids is 1. The van der Waals surface area contributed by atoms with Gasteiger partial charge in [0, 0.05) is 6.42 Å². The summed E-state index contributed by atoms with van der Waals surface area (Å²) in [6.07, 6.45) is 0.0712. The van der Waals surface area contributed by atoms with Crippen molar-refractivity contribution in [1.82, 2.24) is 0 Å². The van der Waals surface area contributed by atoms with Gasteiger partial charge in [-0.05, 0) is 5.56 Å². The lowest BCUT2D eigenvalue weighted by Crippen LogP contribution is -2.06. The standard InChI is InChI=1S/C10H8N2O4S/c13-9-8(6-7-4-2-1-3-5-7)10(12-11-9)17(14,15)16/h1-5H,6H2,(H,14,15,16). The van der Waals surface area contributed by atoms with Crippen molar-refractivity contribution in [3.8, 4) is 0 Å². The Morgan fingerprint density at radius 2 is 1.76 bits per heavy atom. The fourth-order valence-electron chi connectivity index (χ4n) is 1.46. The second-order valence-corrected chi connectivity index (χ2v) is 4.76. The molecule has 0 bridgehead atoms. The Kier molecular flexibility index (Phi) is 2.86. The summed E-state index contributed by atoms with van der Waals surface area (Å²) in [6.45, 7) is 0. The fraction of sp³-hybridized carbons (Fsp3) is 0.100. The third kappa shape index (κ3) is 2.45. The van der Waals surface area contributed by atoms with Crippen LogP contribution >= 0.6 is 0 Å². The first-order valence-corrected chi connectivity index (χ1v) is 6.13. The van der Waals surface area contributed by atoms with E-state index in [1.807, 2.05) is 0 Å². The molecule has 0 unspecified atom stereocenters. The molecule has 1 aliphatic rings. The van der Waals surface area contributed by atoms with Crippen molar-refractivity contribution >= 4 is 16.0 Å². The molecule has 0 saturated heterocycles. The molecule has 1 heterocycles. The molecule has 2 rings (SSSR count). The van der Waals surface area contributed by atoms with E-state index in [1.54, 1.807) is 30.3 Å². The average molecular weight is 252 g/mol. The van der Waals surface area contributed by atoms with Gasteiger partial charge in [-0.2, -0.15) is 8.42 Å². The van der Waals surface area contributed by atoms with E-state index in [0.717, 1.165) is 5.56 Å². The van der Waals surface area contributed by atoms with Crippen molar-refractivity contribution in [3.05, 3.63) is 46.5 Å². The SMILES string of the molecule is O=C1N=NC(S(=O)(=O)O)=C1Cc1ccccc1. The quantitative estimate of drug-likeness (QED) is 0.820. The van der Waals surface area contributed by atoms with E-state index in [9.17, 15) is 13.2 Å². The third-order valence-electron chi connectivity index (χ3n) is 2.22. The predicted octanol–water partition coefficient (Wildman–Crippen LogP) is 1.32. The molecule has 6 nitrogen and oxygen atoms in total. The Bertz CT molecular complexity index is 617. The number of nitrogens with zero attached hydrogens (tertiary/aromatic N) is 2. The number of rotatable bonds is 3. The first kappa shape index (κ1) is 11.6. The minimum absolute atomic E-state index is 0.0712. The van der Waals surface area contributed by atoms with E-state index in [-0.39, 0.29) is 12.0 Å². The largest absolute Gasteiger partial charge is 0.314 e. The Hall–Kier alpha value is -1.86. The van der Waals surface area contributed by atoms with E-state index >= 15 is 0 Å². The Morgan fingerprint density at radius 1 is 1.12 bits per heavy atom. The van der Waals surface area contributed by atoms with Crippen LogP contribution in [-0.2, 0) is 21.3 Å². The van der Waals surface area contributed by atoms with Crippen LogP contribution in [-0.4, -0.2) is 18.9 Å². The highest BCUT2D eigenvalue weighted by molar-refractivity contribution is 7.89. The van der Waals surface area contributed by atoms with E-state index < -0.39 is 21.1 Å². The molecule has 0 aromatic heterocycles. The van der Waals surface area contributed by atoms with Gasteiger partial charge in [-0.1, -0.05) is 30.3 Å². The molecule has 1 aromatic rings. The van der Waals surface area contributed by atoms with Crippen LogP contribution in [0.2, 0.25) is 0 Å². The average Bonchev–Trinajstić information content (AvgIpc) is 2.62. The van der Waals surface area contributed by atoms with E-state index in [2.05, 4.69) is 10.2 Å². The number of amides is 1. The molecule has 1 amide bonds. The third-order valence-corrected chi connectivity index (χ3v) is 3.03. The van der Waals surface area contributed by atoms with Crippen LogP contribution in [0.25, 0.3) is 0 Å². The zero-order valence-electron chi connectivity index (χ0n) is 8.57. The van der Waals surface area contributed by atoms with Gasteiger partial charge in [0.1, 0.15) is 0 Å². The molecule has 1 aromatic carbocycles. The van der Waals surface area contributed by atoms with Crippen molar-refractivity contribution < 1.29 is 17.8 Å². The van der Waals surface area contributed by atoms with E-state index in [0.29, 0.717) is 0 Å². The van der Waals surface area contributed by atoms with Crippen LogP contribution < -0.4 is 0 Å². The molecule has 1 N–H and O–H groups in total. The molecular weight excluding hydrogens is 244 g/mol. The maximum atomic E-state index is 11.3. The molecule has 1 aliphatic heterocycles. The van der Waals surface area contributed by atoms with Gasteiger partial charge in [0.15, 0.2) is 0 Å². The topological polar surface area (TPSA) is 96.2 Å². The van der Waals surface area contributed by atoms with Gasteiger partial charge >= 0.3 is 10.1 Å². The van der Waals surface area contributed by atoms with Crippen molar-refractivity contribution in [1.29, 1.82) is 0 Å². The smallest absolute Gasteiger partial charge is 0.281 e. The zero-order chi connectivity index (χ0) is 12.5. The van der Waals surface area contributed by atoms with Crippen LogP contribution in [0.5, 0.6) is 0 Å². The van der Waals surface area contributed by atoms with E-state index in [1.165, 1.54) is 0 Å². The summed E-state index contributed by atoms with van der Waals surface area (Å²) >= 11 is 0. The zero-order valence-corrected chi connectivity index (χ0v) is 9.38. The molecular formula is C10H8N2O4S. The molecule has 88 valence electrons. The first-order chi connectivity index (χ1) is 7.98. The fourth-order valence-corrected chi connectivity index (χ4v) is 2.08. The highest BCUT2D eigenvalue weighted by atomic mass is 32.2. The number of hydrogen-bond acceptors (Lipinski definition) is 4. The molecule has 0 saturated carbocycles. The Morgan fingerprint density at radius 3 is 2.35 bits per heavy atom. The van der Waals surface area contributed by atoms with Gasteiger partial charge in [0.25, 0.3) is 5.91 Å². The monoisotopic (exact) mass is 252 g/mol. The van der Waals surface area contributed by atoms with E-state index in [4.69, 9.17) is 4.55 Å². The second kappa shape index (κ2) is 4.19. The van der Waals surface area contributed by atoms with Crippen LogP contribution in [0, 0.1) is 0 Å². The molecule has 0 radical (unpaired) electrons. The predicted molar refractivity (Wildman–Crippen MR) is 58.6 cm³/mol. The molecule has 17 heavy (non-hydrogen) atoms. The molecule has 0 fully saturated rings. The lowest BCUT2D eigenvalue weighted by Gasteiger charge is -2.01. The number of benzene rings is 1. The van der Waals surface area contributed by atoms with Crippen LogP contribution in [0.4, 0.5) is 0 Å². The molecule has 0 aliphatic carbocycles. The maximum Gasteiger partial charge on any atom is 0.314 e. The number of hydrogen-bond donors (Lipinski definition) is 1. The second-order valence-electron chi connectivity index (χ2n) is 3.43. The van der Waals surface area contributed by atoms with Gasteiger partial charge in [-0.15, -0.1) is 10.2 Å². The minimum Gasteiger partial charge on any atom is -0.281 e. The van der Waals surface area contributed by atoms with Gasteiger partial charge in [-0.3, -0.25) is 9.35 Å². The van der Waals surface area contributed by atoms with Gasteiger partial charge < -0.3 is 0 Å². The van der Waals surface area contributed by atoms with Gasteiger partial charge in [0.2, 0.25) is 5.03 Å². The maximum absolute atomic E-state index is 11.3. The molecule has 0 spiro atoms. The highest BCUT2D eigenvalue weighted by Gasteiger charge is 2.29. The summed E-state index contributed by atoms with van der Waals surface area (Å²) < 4.78 is 30.8. The normalized spacial score (nSPS) is 15.7. The Labute approximate surface area is 97.4 Å². The minimum atomic E-state index is -4.51. The van der Waals surface area contributed by atoms with Crippen molar-refractivity contribution in [3.63, 3.8) is 0 Å². The lowest BCUT2D eigenvalue weighted by atomic mass is 10.1.